The number of hydrogen-bond acceptors (Lipinski definition) is 8. The molecule has 3 aromatic carbocycles. The van der Waals surface area contributed by atoms with E-state index in [0.29, 0.717) is 65.3 Å². The van der Waals surface area contributed by atoms with Gasteiger partial charge in [0.25, 0.3) is 11.6 Å². The number of thiocarbonyl (C=S) groups is 1. The van der Waals surface area contributed by atoms with Gasteiger partial charge in [-0.05, 0) is 54.7 Å². The maximum atomic E-state index is 12.8. The van der Waals surface area contributed by atoms with E-state index in [1.807, 2.05) is 29.2 Å². The SMILES string of the molecule is O=C(NC(=S)Nc1ccc(Cl)c(-c2nc3ccccc3o2)c1)c1ccc(N2CCOCC2)c([N+](=O)[O-])c1. The highest BCUT2D eigenvalue weighted by atomic mass is 35.5. The van der Waals surface area contributed by atoms with Gasteiger partial charge in [-0.2, -0.15) is 0 Å². The number of para-hydroxylation sites is 2. The molecule has 188 valence electrons. The second kappa shape index (κ2) is 10.5. The van der Waals surface area contributed by atoms with Gasteiger partial charge in [0.2, 0.25) is 5.89 Å². The summed E-state index contributed by atoms with van der Waals surface area (Å²) in [5.74, 6) is -0.236. The summed E-state index contributed by atoms with van der Waals surface area (Å²) < 4.78 is 11.1. The van der Waals surface area contributed by atoms with E-state index >= 15 is 0 Å². The number of halogens is 1. The topological polar surface area (TPSA) is 123 Å². The van der Waals surface area contributed by atoms with Crippen LogP contribution >= 0.6 is 23.8 Å². The van der Waals surface area contributed by atoms with Crippen molar-refractivity contribution >= 4 is 63.0 Å². The van der Waals surface area contributed by atoms with E-state index in [9.17, 15) is 14.9 Å². The highest BCUT2D eigenvalue weighted by Gasteiger charge is 2.23. The van der Waals surface area contributed by atoms with Crippen LogP contribution in [0.3, 0.4) is 0 Å². The van der Waals surface area contributed by atoms with E-state index in [0.717, 1.165) is 0 Å². The van der Waals surface area contributed by atoms with Crippen LogP contribution in [0.1, 0.15) is 10.4 Å². The lowest BCUT2D eigenvalue weighted by molar-refractivity contribution is -0.384. The number of nitro groups is 1. The van der Waals surface area contributed by atoms with Gasteiger partial charge in [0.1, 0.15) is 11.2 Å². The van der Waals surface area contributed by atoms with Crippen LogP contribution in [0.15, 0.2) is 65.1 Å². The van der Waals surface area contributed by atoms with Gasteiger partial charge in [-0.15, -0.1) is 0 Å². The molecule has 2 heterocycles. The number of nitro benzene ring substituents is 1. The number of benzene rings is 3. The normalized spacial score (nSPS) is 13.4. The molecule has 1 aromatic heterocycles. The first-order valence-corrected chi connectivity index (χ1v) is 12.1. The molecule has 4 aromatic rings. The average Bonchev–Trinajstić information content (AvgIpc) is 3.34. The van der Waals surface area contributed by atoms with Crippen molar-refractivity contribution < 1.29 is 18.9 Å². The minimum Gasteiger partial charge on any atom is -0.436 e. The molecular weight excluding hydrogens is 518 g/mol. The van der Waals surface area contributed by atoms with Gasteiger partial charge in [-0.25, -0.2) is 4.98 Å². The van der Waals surface area contributed by atoms with Crippen molar-refractivity contribution in [2.45, 2.75) is 0 Å². The monoisotopic (exact) mass is 537 g/mol. The first-order chi connectivity index (χ1) is 17.9. The lowest BCUT2D eigenvalue weighted by Gasteiger charge is -2.28. The Bertz CT molecular complexity index is 1490. The van der Waals surface area contributed by atoms with E-state index in [4.69, 9.17) is 33.0 Å². The fourth-order valence-electron chi connectivity index (χ4n) is 3.97. The van der Waals surface area contributed by atoms with Crippen molar-refractivity contribution in [1.29, 1.82) is 0 Å². The zero-order chi connectivity index (χ0) is 25.9. The number of nitrogens with one attached hydrogen (secondary N) is 2. The number of hydrogen-bond donors (Lipinski definition) is 2. The molecule has 1 amide bonds. The number of morpholine rings is 1. The Morgan fingerprint density at radius 2 is 1.89 bits per heavy atom. The van der Waals surface area contributed by atoms with Crippen LogP contribution in [0, 0.1) is 10.1 Å². The van der Waals surface area contributed by atoms with E-state index in [1.165, 1.54) is 12.1 Å². The molecule has 1 saturated heterocycles. The van der Waals surface area contributed by atoms with Gasteiger partial charge in [-0.3, -0.25) is 20.2 Å². The second-order valence-electron chi connectivity index (χ2n) is 8.15. The minimum absolute atomic E-state index is 0.00995. The van der Waals surface area contributed by atoms with Gasteiger partial charge >= 0.3 is 0 Å². The quantitative estimate of drug-likeness (QED) is 0.205. The molecular formula is C25H20ClN5O5S. The van der Waals surface area contributed by atoms with E-state index in [2.05, 4.69) is 15.6 Å². The van der Waals surface area contributed by atoms with Crippen LogP contribution in [0.2, 0.25) is 5.02 Å². The number of anilines is 2. The summed E-state index contributed by atoms with van der Waals surface area (Å²) in [5, 5.41) is 17.6. The van der Waals surface area contributed by atoms with E-state index < -0.39 is 10.8 Å². The van der Waals surface area contributed by atoms with Crippen molar-refractivity contribution in [3.8, 4) is 11.5 Å². The van der Waals surface area contributed by atoms with Crippen LogP contribution in [0.5, 0.6) is 0 Å². The Hall–Kier alpha value is -4.06. The molecule has 37 heavy (non-hydrogen) atoms. The predicted molar refractivity (Wildman–Crippen MR) is 144 cm³/mol. The van der Waals surface area contributed by atoms with Gasteiger partial charge in [0.05, 0.1) is 28.7 Å². The molecule has 0 bridgehead atoms. The number of fused-ring (bicyclic) bond motifs is 1. The summed E-state index contributed by atoms with van der Waals surface area (Å²) in [6.45, 7) is 2.04. The van der Waals surface area contributed by atoms with Crippen molar-refractivity contribution in [3.63, 3.8) is 0 Å². The molecule has 0 atom stereocenters. The third-order valence-corrected chi connectivity index (χ3v) is 6.30. The molecule has 12 heteroatoms. The summed E-state index contributed by atoms with van der Waals surface area (Å²) in [5.41, 5.74) is 2.81. The Morgan fingerprint density at radius 1 is 1.11 bits per heavy atom. The maximum absolute atomic E-state index is 12.8. The zero-order valence-corrected chi connectivity index (χ0v) is 20.8. The minimum atomic E-state index is -0.581. The third-order valence-electron chi connectivity index (χ3n) is 5.76. The fraction of sp³-hybridized carbons (Fsp3) is 0.160. The molecule has 1 fully saturated rings. The summed E-state index contributed by atoms with van der Waals surface area (Å²) in [4.78, 5) is 30.3. The van der Waals surface area contributed by atoms with Crippen molar-refractivity contribution in [1.82, 2.24) is 10.3 Å². The number of aromatic nitrogens is 1. The number of rotatable bonds is 5. The summed E-state index contributed by atoms with van der Waals surface area (Å²) >= 11 is 11.7. The number of amides is 1. The first-order valence-electron chi connectivity index (χ1n) is 11.3. The van der Waals surface area contributed by atoms with Gasteiger partial charge < -0.3 is 19.4 Å². The van der Waals surface area contributed by atoms with Gasteiger partial charge in [0, 0.05) is 30.4 Å². The van der Waals surface area contributed by atoms with Crippen LogP contribution in [-0.4, -0.2) is 47.2 Å². The second-order valence-corrected chi connectivity index (χ2v) is 8.97. The van der Waals surface area contributed by atoms with Crippen LogP contribution in [0.25, 0.3) is 22.6 Å². The number of carbonyl (C=O) groups excluding carboxylic acids is 1. The van der Waals surface area contributed by atoms with Gasteiger partial charge in [0.15, 0.2) is 10.7 Å². The highest BCUT2D eigenvalue weighted by molar-refractivity contribution is 7.80. The van der Waals surface area contributed by atoms with Crippen LogP contribution < -0.4 is 15.5 Å². The van der Waals surface area contributed by atoms with Crippen LogP contribution in [0.4, 0.5) is 17.1 Å². The summed E-state index contributed by atoms with van der Waals surface area (Å²) in [6, 6.07) is 16.8. The standard InChI is InChI=1S/C25H20ClN5O5S/c26-18-7-6-16(14-17(18)24-28-19-3-1-2-4-22(19)36-24)27-25(37)29-23(32)15-5-8-20(21(13-15)31(33)34)30-9-11-35-12-10-30/h1-8,13-14H,9-12H2,(H2,27,29,32,37). The fourth-order valence-corrected chi connectivity index (χ4v) is 4.38. The Balaban J connectivity index is 1.30. The molecule has 0 saturated carbocycles. The Kier molecular flexibility index (Phi) is 6.99. The molecule has 0 radical (unpaired) electrons. The molecule has 0 aliphatic carbocycles. The lowest BCUT2D eigenvalue weighted by Crippen LogP contribution is -2.37. The van der Waals surface area contributed by atoms with Gasteiger partial charge in [-0.1, -0.05) is 23.7 Å². The molecule has 2 N–H and O–H groups in total. The van der Waals surface area contributed by atoms with Crippen LogP contribution in [-0.2, 0) is 4.74 Å². The first kappa shape index (κ1) is 24.6. The number of nitrogens with zero attached hydrogens (tertiary/aromatic N) is 3. The Morgan fingerprint density at radius 3 is 2.65 bits per heavy atom. The smallest absolute Gasteiger partial charge is 0.293 e. The van der Waals surface area contributed by atoms with E-state index in [1.54, 1.807) is 24.3 Å². The molecule has 10 nitrogen and oxygen atoms in total. The number of carbonyl (C=O) groups is 1. The summed E-state index contributed by atoms with van der Waals surface area (Å²) in [7, 11) is 0. The largest absolute Gasteiger partial charge is 0.436 e. The molecule has 1 aliphatic rings. The lowest BCUT2D eigenvalue weighted by atomic mass is 10.1. The average molecular weight is 538 g/mol. The Labute approximate surface area is 221 Å². The van der Waals surface area contributed by atoms with Crippen molar-refractivity contribution in [2.24, 2.45) is 0 Å². The third kappa shape index (κ3) is 5.38. The van der Waals surface area contributed by atoms with Crippen molar-refractivity contribution in [2.75, 3.05) is 36.5 Å². The molecule has 0 spiro atoms. The van der Waals surface area contributed by atoms with Crippen molar-refractivity contribution in [3.05, 3.63) is 81.4 Å². The summed E-state index contributed by atoms with van der Waals surface area (Å²) in [6.07, 6.45) is 0. The number of oxazole rings is 1. The molecule has 5 rings (SSSR count). The van der Waals surface area contributed by atoms with E-state index in [-0.39, 0.29) is 16.4 Å². The zero-order valence-electron chi connectivity index (χ0n) is 19.3. The molecule has 0 unspecified atom stereocenters. The molecule has 1 aliphatic heterocycles. The maximum Gasteiger partial charge on any atom is 0.293 e. The predicted octanol–water partition coefficient (Wildman–Crippen LogP) is 5.02. The highest BCUT2D eigenvalue weighted by Crippen LogP contribution is 2.33. The number of ether oxygens (including phenoxy) is 1.